The first-order valence-corrected chi connectivity index (χ1v) is 4.45. The molecule has 1 aliphatic rings. The molecule has 0 fully saturated rings. The molecule has 74 valence electrons. The standard InChI is InChI=1S/C12H8O3/c13-8-5-6-12(15)10(7-8)9-3-1-2-4-11(9)14/h1-7,14H. The fraction of sp³-hybridized carbons (Fsp3) is 0. The third-order valence-corrected chi connectivity index (χ3v) is 2.15. The predicted molar refractivity (Wildman–Crippen MR) is 55.2 cm³/mol. The number of aromatic hydroxyl groups is 1. The predicted octanol–water partition coefficient (Wildman–Crippen LogP) is 1.48. The van der Waals surface area contributed by atoms with Gasteiger partial charge in [0.1, 0.15) is 5.75 Å². The molecular weight excluding hydrogens is 192 g/mol. The van der Waals surface area contributed by atoms with E-state index in [0.717, 1.165) is 0 Å². The number of para-hydroxylation sites is 1. The summed E-state index contributed by atoms with van der Waals surface area (Å²) in [6.07, 6.45) is 3.66. The summed E-state index contributed by atoms with van der Waals surface area (Å²) < 4.78 is 0. The van der Waals surface area contributed by atoms with Crippen molar-refractivity contribution in [2.75, 3.05) is 0 Å². The average Bonchev–Trinajstić information content (AvgIpc) is 2.23. The van der Waals surface area contributed by atoms with Crippen molar-refractivity contribution in [3.8, 4) is 5.75 Å². The lowest BCUT2D eigenvalue weighted by molar-refractivity contribution is -0.113. The van der Waals surface area contributed by atoms with Crippen LogP contribution in [0.3, 0.4) is 0 Å². The zero-order valence-corrected chi connectivity index (χ0v) is 7.81. The fourth-order valence-electron chi connectivity index (χ4n) is 1.42. The van der Waals surface area contributed by atoms with E-state index in [1.807, 2.05) is 0 Å². The second-order valence-electron chi connectivity index (χ2n) is 3.18. The molecule has 0 atom stereocenters. The lowest BCUT2D eigenvalue weighted by Crippen LogP contribution is -2.06. The molecule has 2 rings (SSSR count). The molecule has 1 aromatic rings. The van der Waals surface area contributed by atoms with Gasteiger partial charge in [-0.15, -0.1) is 0 Å². The number of allylic oxidation sites excluding steroid dienone is 4. The van der Waals surface area contributed by atoms with Crippen LogP contribution in [0.1, 0.15) is 5.56 Å². The summed E-state index contributed by atoms with van der Waals surface area (Å²) in [7, 11) is 0. The van der Waals surface area contributed by atoms with Crippen LogP contribution >= 0.6 is 0 Å². The Hall–Kier alpha value is -2.16. The van der Waals surface area contributed by atoms with Crippen molar-refractivity contribution in [3.63, 3.8) is 0 Å². The van der Waals surface area contributed by atoms with Gasteiger partial charge in [0.05, 0.1) is 0 Å². The second kappa shape index (κ2) is 3.53. The van der Waals surface area contributed by atoms with Crippen LogP contribution in [0.2, 0.25) is 0 Å². The summed E-state index contributed by atoms with van der Waals surface area (Å²) in [5.74, 6) is -0.510. The molecule has 0 amide bonds. The molecule has 0 heterocycles. The molecule has 0 unspecified atom stereocenters. The third kappa shape index (κ3) is 1.72. The largest absolute Gasteiger partial charge is 0.507 e. The molecule has 1 N–H and O–H groups in total. The number of hydrogen-bond donors (Lipinski definition) is 1. The third-order valence-electron chi connectivity index (χ3n) is 2.15. The number of ketones is 2. The summed E-state index contributed by atoms with van der Waals surface area (Å²) in [5, 5.41) is 9.54. The van der Waals surface area contributed by atoms with E-state index in [-0.39, 0.29) is 22.9 Å². The van der Waals surface area contributed by atoms with Crippen LogP contribution < -0.4 is 0 Å². The van der Waals surface area contributed by atoms with Gasteiger partial charge in [0.25, 0.3) is 0 Å². The van der Waals surface area contributed by atoms with Crippen LogP contribution in [0, 0.1) is 0 Å². The van der Waals surface area contributed by atoms with Crippen LogP contribution in [0.25, 0.3) is 5.57 Å². The fourth-order valence-corrected chi connectivity index (χ4v) is 1.42. The van der Waals surface area contributed by atoms with Gasteiger partial charge in [-0.2, -0.15) is 0 Å². The first-order chi connectivity index (χ1) is 7.18. The number of hydrogen-bond acceptors (Lipinski definition) is 3. The highest BCUT2D eigenvalue weighted by molar-refractivity contribution is 6.34. The Balaban J connectivity index is 2.52. The molecule has 0 radical (unpaired) electrons. The normalized spacial score (nSPS) is 15.3. The molecule has 1 aromatic carbocycles. The molecule has 0 aromatic heterocycles. The minimum absolute atomic E-state index is 0.000185. The van der Waals surface area contributed by atoms with E-state index in [1.54, 1.807) is 18.2 Å². The number of phenolic OH excluding ortho intramolecular Hbond substituents is 1. The van der Waals surface area contributed by atoms with Crippen molar-refractivity contribution in [1.82, 2.24) is 0 Å². The lowest BCUT2D eigenvalue weighted by Gasteiger charge is -2.08. The van der Waals surface area contributed by atoms with Crippen molar-refractivity contribution < 1.29 is 14.7 Å². The Morgan fingerprint density at radius 3 is 2.47 bits per heavy atom. The van der Waals surface area contributed by atoms with Gasteiger partial charge in [-0.3, -0.25) is 9.59 Å². The Bertz CT molecular complexity index is 495. The second-order valence-corrected chi connectivity index (χ2v) is 3.18. The van der Waals surface area contributed by atoms with Crippen LogP contribution in [0.15, 0.2) is 42.5 Å². The maximum atomic E-state index is 11.5. The Labute approximate surface area is 86.4 Å². The number of benzene rings is 1. The minimum Gasteiger partial charge on any atom is -0.507 e. The van der Waals surface area contributed by atoms with E-state index < -0.39 is 0 Å². The Morgan fingerprint density at radius 1 is 1.00 bits per heavy atom. The van der Waals surface area contributed by atoms with Gasteiger partial charge in [0.15, 0.2) is 11.6 Å². The number of carbonyl (C=O) groups excluding carboxylic acids is 2. The number of rotatable bonds is 1. The van der Waals surface area contributed by atoms with Gasteiger partial charge >= 0.3 is 0 Å². The minimum atomic E-state index is -0.267. The summed E-state index contributed by atoms with van der Waals surface area (Å²) in [6.45, 7) is 0. The van der Waals surface area contributed by atoms with Gasteiger partial charge in [0.2, 0.25) is 0 Å². The highest BCUT2D eigenvalue weighted by Gasteiger charge is 2.17. The first-order valence-electron chi connectivity index (χ1n) is 4.45. The molecule has 0 aliphatic heterocycles. The van der Waals surface area contributed by atoms with Crippen molar-refractivity contribution in [2.24, 2.45) is 0 Å². The van der Waals surface area contributed by atoms with E-state index >= 15 is 0 Å². The summed E-state index contributed by atoms with van der Waals surface area (Å²) >= 11 is 0. The van der Waals surface area contributed by atoms with Gasteiger partial charge in [-0.25, -0.2) is 0 Å². The quantitative estimate of drug-likeness (QED) is 0.698. The summed E-state index contributed by atoms with van der Waals surface area (Å²) in [6, 6.07) is 6.44. The number of carbonyl (C=O) groups is 2. The SMILES string of the molecule is O=C1C=CC(=O)C(c2ccccc2O)=C1. The molecule has 3 nitrogen and oxygen atoms in total. The zero-order valence-electron chi connectivity index (χ0n) is 7.81. The Kier molecular flexibility index (Phi) is 2.21. The molecule has 3 heteroatoms. The first kappa shape index (κ1) is 9.40. The van der Waals surface area contributed by atoms with E-state index in [9.17, 15) is 14.7 Å². The molecular formula is C12H8O3. The van der Waals surface area contributed by atoms with Crippen molar-refractivity contribution >= 4 is 17.1 Å². The van der Waals surface area contributed by atoms with Crippen molar-refractivity contribution in [1.29, 1.82) is 0 Å². The van der Waals surface area contributed by atoms with Gasteiger partial charge < -0.3 is 5.11 Å². The monoisotopic (exact) mass is 200 g/mol. The van der Waals surface area contributed by atoms with Crippen molar-refractivity contribution in [3.05, 3.63) is 48.1 Å². The highest BCUT2D eigenvalue weighted by Crippen LogP contribution is 2.26. The topological polar surface area (TPSA) is 54.4 Å². The lowest BCUT2D eigenvalue weighted by atomic mass is 9.96. The number of phenols is 1. The van der Waals surface area contributed by atoms with E-state index in [2.05, 4.69) is 0 Å². The summed E-state index contributed by atoms with van der Waals surface area (Å²) in [5.41, 5.74) is 0.626. The van der Waals surface area contributed by atoms with Gasteiger partial charge in [-0.1, -0.05) is 18.2 Å². The van der Waals surface area contributed by atoms with E-state index in [4.69, 9.17) is 0 Å². The molecule has 0 bridgehead atoms. The molecule has 0 spiro atoms. The molecule has 0 saturated carbocycles. The Morgan fingerprint density at radius 2 is 1.73 bits per heavy atom. The van der Waals surface area contributed by atoms with Crippen LogP contribution in [0.4, 0.5) is 0 Å². The van der Waals surface area contributed by atoms with Gasteiger partial charge in [-0.05, 0) is 24.3 Å². The van der Waals surface area contributed by atoms with Crippen molar-refractivity contribution in [2.45, 2.75) is 0 Å². The van der Waals surface area contributed by atoms with E-state index in [1.165, 1.54) is 24.3 Å². The van der Waals surface area contributed by atoms with Gasteiger partial charge in [0, 0.05) is 11.1 Å². The highest BCUT2D eigenvalue weighted by atomic mass is 16.3. The van der Waals surface area contributed by atoms with Crippen LogP contribution in [-0.4, -0.2) is 16.7 Å². The van der Waals surface area contributed by atoms with Crippen LogP contribution in [0.5, 0.6) is 5.75 Å². The molecule has 15 heavy (non-hydrogen) atoms. The average molecular weight is 200 g/mol. The smallest absolute Gasteiger partial charge is 0.186 e. The van der Waals surface area contributed by atoms with E-state index in [0.29, 0.717) is 5.56 Å². The maximum Gasteiger partial charge on any atom is 0.186 e. The zero-order chi connectivity index (χ0) is 10.8. The molecule has 0 saturated heterocycles. The summed E-state index contributed by atoms with van der Waals surface area (Å²) in [4.78, 5) is 22.6. The van der Waals surface area contributed by atoms with Crippen LogP contribution in [-0.2, 0) is 9.59 Å². The molecule has 1 aliphatic carbocycles. The maximum absolute atomic E-state index is 11.5.